The fourth-order valence-corrected chi connectivity index (χ4v) is 4.49. The molecule has 0 radical (unpaired) electrons. The molecule has 0 atom stereocenters. The number of ketones is 1. The van der Waals surface area contributed by atoms with Gasteiger partial charge in [0.15, 0.2) is 0 Å². The second-order valence-electron chi connectivity index (χ2n) is 7.62. The third-order valence-electron chi connectivity index (χ3n) is 5.45. The van der Waals surface area contributed by atoms with Gasteiger partial charge >= 0.3 is 0 Å². The molecule has 150 valence electrons. The molecule has 0 N–H and O–H groups in total. The second kappa shape index (κ2) is 9.33. The van der Waals surface area contributed by atoms with E-state index in [1.54, 1.807) is 11.3 Å². The van der Waals surface area contributed by atoms with Crippen LogP contribution in [0, 0.1) is 6.92 Å². The number of thiazole rings is 1. The van der Waals surface area contributed by atoms with E-state index in [1.165, 1.54) is 11.3 Å². The highest BCUT2D eigenvalue weighted by Crippen LogP contribution is 2.22. The maximum Gasteiger partial charge on any atom is 0.140 e. The zero-order chi connectivity index (χ0) is 20.1. The molecule has 1 fully saturated rings. The van der Waals surface area contributed by atoms with Gasteiger partial charge < -0.3 is 4.90 Å². The van der Waals surface area contributed by atoms with Crippen LogP contribution in [0.2, 0.25) is 0 Å². The summed E-state index contributed by atoms with van der Waals surface area (Å²) in [6.45, 7) is 7.02. The second-order valence-corrected chi connectivity index (χ2v) is 8.56. The minimum absolute atomic E-state index is 0.278. The molecule has 1 aliphatic rings. The standard InChI is InChI=1S/C24H27N3OS/c1-19-7-9-21(10-8-19)27-15-13-26(14-16-27)12-11-22(28)17-24-25-23(18-29-24)20-5-3-2-4-6-20/h2-10,18H,11-17H2,1H3. The molecule has 0 bridgehead atoms. The van der Waals surface area contributed by atoms with Crippen molar-refractivity contribution in [1.29, 1.82) is 0 Å². The van der Waals surface area contributed by atoms with E-state index < -0.39 is 0 Å². The summed E-state index contributed by atoms with van der Waals surface area (Å²) < 4.78 is 0. The molecule has 1 saturated heterocycles. The first-order valence-electron chi connectivity index (χ1n) is 10.2. The molecule has 4 nitrogen and oxygen atoms in total. The first-order chi connectivity index (χ1) is 14.2. The number of hydrogen-bond acceptors (Lipinski definition) is 5. The van der Waals surface area contributed by atoms with Gasteiger partial charge in [0, 0.05) is 55.8 Å². The van der Waals surface area contributed by atoms with E-state index in [-0.39, 0.29) is 5.78 Å². The lowest BCUT2D eigenvalue weighted by Gasteiger charge is -2.36. The predicted molar refractivity (Wildman–Crippen MR) is 121 cm³/mol. The maximum atomic E-state index is 12.4. The quantitative estimate of drug-likeness (QED) is 0.582. The van der Waals surface area contributed by atoms with E-state index in [0.717, 1.165) is 49.0 Å². The van der Waals surface area contributed by atoms with Gasteiger partial charge in [0.2, 0.25) is 0 Å². The number of nitrogens with zero attached hydrogens (tertiary/aromatic N) is 3. The number of rotatable bonds is 7. The molecule has 0 amide bonds. The zero-order valence-electron chi connectivity index (χ0n) is 16.9. The van der Waals surface area contributed by atoms with Crippen LogP contribution < -0.4 is 4.90 Å². The van der Waals surface area contributed by atoms with Gasteiger partial charge in [-0.2, -0.15) is 0 Å². The van der Waals surface area contributed by atoms with E-state index in [1.807, 2.05) is 23.6 Å². The summed E-state index contributed by atoms with van der Waals surface area (Å²) >= 11 is 1.58. The van der Waals surface area contributed by atoms with Crippen LogP contribution in [0.5, 0.6) is 0 Å². The normalized spacial score (nSPS) is 14.9. The van der Waals surface area contributed by atoms with Crippen molar-refractivity contribution in [3.8, 4) is 11.3 Å². The lowest BCUT2D eigenvalue weighted by Crippen LogP contribution is -2.46. The molecule has 0 spiro atoms. The van der Waals surface area contributed by atoms with Crippen LogP contribution in [0.3, 0.4) is 0 Å². The number of piperazine rings is 1. The molecule has 4 rings (SSSR count). The Labute approximate surface area is 176 Å². The van der Waals surface area contributed by atoms with Gasteiger partial charge in [0.05, 0.1) is 12.1 Å². The Morgan fingerprint density at radius 1 is 1.00 bits per heavy atom. The van der Waals surface area contributed by atoms with Crippen molar-refractivity contribution in [2.24, 2.45) is 0 Å². The molecule has 5 heteroatoms. The molecule has 0 saturated carbocycles. The Hall–Kier alpha value is -2.50. The van der Waals surface area contributed by atoms with Gasteiger partial charge in [0.1, 0.15) is 10.8 Å². The fourth-order valence-electron chi connectivity index (χ4n) is 3.66. The van der Waals surface area contributed by atoms with Crippen LogP contribution in [0.15, 0.2) is 60.0 Å². The monoisotopic (exact) mass is 405 g/mol. The summed E-state index contributed by atoms with van der Waals surface area (Å²) in [7, 11) is 0. The largest absolute Gasteiger partial charge is 0.369 e. The van der Waals surface area contributed by atoms with Crippen LogP contribution in [0.4, 0.5) is 5.69 Å². The van der Waals surface area contributed by atoms with E-state index in [4.69, 9.17) is 0 Å². The van der Waals surface area contributed by atoms with Crippen molar-refractivity contribution in [2.45, 2.75) is 19.8 Å². The summed E-state index contributed by atoms with van der Waals surface area (Å²) in [6, 6.07) is 18.9. The SMILES string of the molecule is Cc1ccc(N2CCN(CCC(=O)Cc3nc(-c4ccccc4)cs3)CC2)cc1. The van der Waals surface area contributed by atoms with E-state index in [9.17, 15) is 4.79 Å². The fraction of sp³-hybridized carbons (Fsp3) is 0.333. The summed E-state index contributed by atoms with van der Waals surface area (Å²) in [5, 5.41) is 2.96. The number of carbonyl (C=O) groups is 1. The molecule has 2 heterocycles. The van der Waals surface area contributed by atoms with Crippen molar-refractivity contribution in [3.63, 3.8) is 0 Å². The minimum atomic E-state index is 0.278. The topological polar surface area (TPSA) is 36.4 Å². The molecule has 3 aromatic rings. The maximum absolute atomic E-state index is 12.4. The average Bonchev–Trinajstić information content (AvgIpc) is 3.22. The summed E-state index contributed by atoms with van der Waals surface area (Å²) in [5.41, 5.74) is 4.66. The Kier molecular flexibility index (Phi) is 6.37. The Morgan fingerprint density at radius 2 is 1.72 bits per heavy atom. The molecular weight excluding hydrogens is 378 g/mol. The molecule has 29 heavy (non-hydrogen) atoms. The highest BCUT2D eigenvalue weighted by Gasteiger charge is 2.18. The summed E-state index contributed by atoms with van der Waals surface area (Å²) in [6.07, 6.45) is 1.05. The zero-order valence-corrected chi connectivity index (χ0v) is 17.7. The number of anilines is 1. The number of aryl methyl sites for hydroxylation is 1. The van der Waals surface area contributed by atoms with Crippen molar-refractivity contribution < 1.29 is 4.79 Å². The van der Waals surface area contributed by atoms with Crippen LogP contribution >= 0.6 is 11.3 Å². The van der Waals surface area contributed by atoms with E-state index in [2.05, 4.69) is 58.1 Å². The van der Waals surface area contributed by atoms with Crippen molar-refractivity contribution in [1.82, 2.24) is 9.88 Å². The smallest absolute Gasteiger partial charge is 0.140 e. The van der Waals surface area contributed by atoms with Crippen LogP contribution in [-0.2, 0) is 11.2 Å². The molecule has 2 aromatic carbocycles. The first kappa shape index (κ1) is 19.8. The van der Waals surface area contributed by atoms with Crippen LogP contribution in [0.25, 0.3) is 11.3 Å². The van der Waals surface area contributed by atoms with E-state index in [0.29, 0.717) is 12.8 Å². The van der Waals surface area contributed by atoms with Crippen molar-refractivity contribution in [3.05, 3.63) is 70.5 Å². The Balaban J connectivity index is 1.22. The van der Waals surface area contributed by atoms with Crippen molar-refractivity contribution >= 4 is 22.8 Å². The van der Waals surface area contributed by atoms with Crippen molar-refractivity contribution in [2.75, 3.05) is 37.6 Å². The number of carbonyl (C=O) groups excluding carboxylic acids is 1. The van der Waals surface area contributed by atoms with Gasteiger partial charge in [-0.15, -0.1) is 11.3 Å². The lowest BCUT2D eigenvalue weighted by atomic mass is 10.1. The predicted octanol–water partition coefficient (Wildman–Crippen LogP) is 4.44. The molecular formula is C24H27N3OS. The third kappa shape index (κ3) is 5.31. The van der Waals surface area contributed by atoms with Crippen LogP contribution in [-0.4, -0.2) is 48.4 Å². The number of aromatic nitrogens is 1. The third-order valence-corrected chi connectivity index (χ3v) is 6.30. The average molecular weight is 406 g/mol. The first-order valence-corrected chi connectivity index (χ1v) is 11.1. The summed E-state index contributed by atoms with van der Waals surface area (Å²) in [5.74, 6) is 0.278. The number of hydrogen-bond donors (Lipinski definition) is 0. The molecule has 0 aliphatic carbocycles. The lowest BCUT2D eigenvalue weighted by molar-refractivity contribution is -0.118. The molecule has 0 unspecified atom stereocenters. The highest BCUT2D eigenvalue weighted by atomic mass is 32.1. The number of Topliss-reactive ketones (excluding diaryl/α,β-unsaturated/α-hetero) is 1. The van der Waals surface area contributed by atoms with Crippen LogP contribution in [0.1, 0.15) is 17.0 Å². The Bertz CT molecular complexity index is 928. The summed E-state index contributed by atoms with van der Waals surface area (Å²) in [4.78, 5) is 21.9. The van der Waals surface area contributed by atoms with Gasteiger partial charge in [-0.25, -0.2) is 4.98 Å². The number of benzene rings is 2. The van der Waals surface area contributed by atoms with Gasteiger partial charge in [0.25, 0.3) is 0 Å². The minimum Gasteiger partial charge on any atom is -0.369 e. The Morgan fingerprint density at radius 3 is 2.45 bits per heavy atom. The van der Waals surface area contributed by atoms with Gasteiger partial charge in [-0.3, -0.25) is 9.69 Å². The molecule has 1 aromatic heterocycles. The van der Waals surface area contributed by atoms with Gasteiger partial charge in [-0.05, 0) is 19.1 Å². The van der Waals surface area contributed by atoms with Gasteiger partial charge in [-0.1, -0.05) is 48.0 Å². The highest BCUT2D eigenvalue weighted by molar-refractivity contribution is 7.10. The van der Waals surface area contributed by atoms with E-state index >= 15 is 0 Å². The molecule has 1 aliphatic heterocycles.